The van der Waals surface area contributed by atoms with E-state index in [2.05, 4.69) is 4.98 Å². The molecule has 0 aliphatic rings. The quantitative estimate of drug-likeness (QED) is 0.646. The van der Waals surface area contributed by atoms with Gasteiger partial charge in [-0.15, -0.1) is 0 Å². The summed E-state index contributed by atoms with van der Waals surface area (Å²) in [5.41, 5.74) is 6.37. The highest BCUT2D eigenvalue weighted by Crippen LogP contribution is 2.11. The summed E-state index contributed by atoms with van der Waals surface area (Å²) in [6.45, 7) is 1.96. The Morgan fingerprint density at radius 3 is 2.80 bits per heavy atom. The van der Waals surface area contributed by atoms with Crippen molar-refractivity contribution in [3.63, 3.8) is 0 Å². The predicted molar refractivity (Wildman–Crippen MR) is 38.0 cm³/mol. The van der Waals surface area contributed by atoms with Crippen LogP contribution in [0.1, 0.15) is 25.1 Å². The number of nitrogens with one attached hydrogen (secondary N) is 1. The normalized spacial score (nSPS) is 13.5. The van der Waals surface area contributed by atoms with E-state index in [4.69, 9.17) is 5.73 Å². The van der Waals surface area contributed by atoms with Crippen LogP contribution >= 0.6 is 0 Å². The minimum Gasteiger partial charge on any atom is -0.334 e. The molecule has 1 aromatic heterocycles. The minimum atomic E-state index is -0.320. The third-order valence-corrected chi connectivity index (χ3v) is 1.51. The molecule has 1 aromatic rings. The lowest BCUT2D eigenvalue weighted by Crippen LogP contribution is -2.08. The Morgan fingerprint density at radius 2 is 2.40 bits per heavy atom. The Bertz CT molecular complexity index is 207. The number of nitrogens with two attached hydrogens (primary N) is 1. The lowest BCUT2D eigenvalue weighted by atomic mass is 10.2. The molecule has 0 spiro atoms. The van der Waals surface area contributed by atoms with E-state index in [0.717, 1.165) is 12.1 Å². The number of aromatic amines is 1. The topological polar surface area (TPSA) is 41.8 Å². The van der Waals surface area contributed by atoms with Crippen LogP contribution in [0.3, 0.4) is 0 Å². The molecule has 0 saturated carbocycles. The highest BCUT2D eigenvalue weighted by molar-refractivity contribution is 5.09. The van der Waals surface area contributed by atoms with Crippen molar-refractivity contribution in [3.8, 4) is 0 Å². The van der Waals surface area contributed by atoms with E-state index >= 15 is 0 Å². The Labute approximate surface area is 59.2 Å². The summed E-state index contributed by atoms with van der Waals surface area (Å²) in [6.07, 6.45) is 0.819. The van der Waals surface area contributed by atoms with E-state index in [1.807, 2.05) is 6.92 Å². The summed E-state index contributed by atoms with van der Waals surface area (Å²) in [6, 6.07) is 2.98. The van der Waals surface area contributed by atoms with Crippen molar-refractivity contribution in [2.24, 2.45) is 5.73 Å². The molecule has 0 unspecified atom stereocenters. The minimum absolute atomic E-state index is 0.0653. The van der Waals surface area contributed by atoms with E-state index in [-0.39, 0.29) is 12.0 Å². The molecule has 1 atom stereocenters. The van der Waals surface area contributed by atoms with Crippen LogP contribution in [0.5, 0.6) is 0 Å². The van der Waals surface area contributed by atoms with Crippen LogP contribution in [-0.2, 0) is 0 Å². The number of hydrogen-bond acceptors (Lipinski definition) is 1. The maximum atomic E-state index is 12.3. The van der Waals surface area contributed by atoms with Gasteiger partial charge in [-0.3, -0.25) is 0 Å². The van der Waals surface area contributed by atoms with Crippen LogP contribution in [0, 0.1) is 5.95 Å². The second-order valence-electron chi connectivity index (χ2n) is 2.28. The molecule has 1 heterocycles. The predicted octanol–water partition coefficient (Wildman–Crippen LogP) is 1.56. The molecule has 3 N–H and O–H groups in total. The summed E-state index contributed by atoms with van der Waals surface area (Å²) in [5, 5.41) is 0. The molecule has 3 heteroatoms. The highest BCUT2D eigenvalue weighted by Gasteiger charge is 2.04. The first-order valence-electron chi connectivity index (χ1n) is 3.34. The molecule has 0 radical (unpaired) electrons. The third kappa shape index (κ3) is 1.36. The molecule has 1 rings (SSSR count). The second kappa shape index (κ2) is 2.84. The van der Waals surface area contributed by atoms with Crippen molar-refractivity contribution in [2.45, 2.75) is 19.4 Å². The molecule has 0 bridgehead atoms. The van der Waals surface area contributed by atoms with Crippen molar-refractivity contribution in [3.05, 3.63) is 23.8 Å². The molecular formula is C7H11FN2. The summed E-state index contributed by atoms with van der Waals surface area (Å²) in [4.78, 5) is 2.54. The van der Waals surface area contributed by atoms with Gasteiger partial charge in [-0.1, -0.05) is 6.92 Å². The summed E-state index contributed by atoms with van der Waals surface area (Å²) in [5.74, 6) is -0.320. The molecule has 0 aromatic carbocycles. The highest BCUT2D eigenvalue weighted by atomic mass is 19.1. The number of halogens is 1. The smallest absolute Gasteiger partial charge is 0.191 e. The number of H-pyrrole nitrogens is 1. The van der Waals surface area contributed by atoms with Gasteiger partial charge < -0.3 is 10.7 Å². The van der Waals surface area contributed by atoms with E-state index in [1.54, 1.807) is 6.07 Å². The molecule has 10 heavy (non-hydrogen) atoms. The van der Waals surface area contributed by atoms with Gasteiger partial charge >= 0.3 is 0 Å². The van der Waals surface area contributed by atoms with Crippen molar-refractivity contribution >= 4 is 0 Å². The third-order valence-electron chi connectivity index (χ3n) is 1.51. The Kier molecular flexibility index (Phi) is 2.06. The van der Waals surface area contributed by atoms with E-state index in [0.29, 0.717) is 0 Å². The van der Waals surface area contributed by atoms with Crippen LogP contribution in [0.4, 0.5) is 4.39 Å². The maximum absolute atomic E-state index is 12.3. The first kappa shape index (κ1) is 7.28. The largest absolute Gasteiger partial charge is 0.334 e. The van der Waals surface area contributed by atoms with Gasteiger partial charge in [0, 0.05) is 11.7 Å². The molecule has 2 nitrogen and oxygen atoms in total. The Balaban J connectivity index is 2.74. The van der Waals surface area contributed by atoms with Crippen molar-refractivity contribution in [2.75, 3.05) is 0 Å². The zero-order valence-corrected chi connectivity index (χ0v) is 5.89. The Morgan fingerprint density at radius 1 is 1.70 bits per heavy atom. The van der Waals surface area contributed by atoms with Crippen LogP contribution in [0.15, 0.2) is 12.1 Å². The van der Waals surface area contributed by atoms with Crippen molar-refractivity contribution in [1.29, 1.82) is 0 Å². The molecule has 0 aliphatic carbocycles. The van der Waals surface area contributed by atoms with E-state index < -0.39 is 0 Å². The van der Waals surface area contributed by atoms with Gasteiger partial charge in [0.05, 0.1) is 0 Å². The van der Waals surface area contributed by atoms with Gasteiger partial charge in [-0.2, -0.15) is 4.39 Å². The molecule has 0 amide bonds. The molecule has 0 saturated heterocycles. The van der Waals surface area contributed by atoms with Crippen LogP contribution in [0.25, 0.3) is 0 Å². The van der Waals surface area contributed by atoms with Gasteiger partial charge in [0.2, 0.25) is 0 Å². The zero-order valence-electron chi connectivity index (χ0n) is 5.89. The van der Waals surface area contributed by atoms with Crippen LogP contribution in [-0.4, -0.2) is 4.98 Å². The number of aromatic nitrogens is 1. The summed E-state index contributed by atoms with van der Waals surface area (Å²) >= 11 is 0. The zero-order chi connectivity index (χ0) is 7.56. The van der Waals surface area contributed by atoms with Crippen molar-refractivity contribution in [1.82, 2.24) is 4.98 Å². The molecule has 56 valence electrons. The van der Waals surface area contributed by atoms with Gasteiger partial charge in [-0.25, -0.2) is 0 Å². The number of hydrogen-bond donors (Lipinski definition) is 2. The average Bonchev–Trinajstić information content (AvgIpc) is 2.34. The fourth-order valence-corrected chi connectivity index (χ4v) is 0.820. The molecule has 0 fully saturated rings. The summed E-state index contributed by atoms with van der Waals surface area (Å²) < 4.78 is 12.3. The lowest BCUT2D eigenvalue weighted by Gasteiger charge is -2.03. The maximum Gasteiger partial charge on any atom is 0.191 e. The first-order chi connectivity index (χ1) is 4.74. The summed E-state index contributed by atoms with van der Waals surface area (Å²) in [7, 11) is 0. The fourth-order valence-electron chi connectivity index (χ4n) is 0.820. The van der Waals surface area contributed by atoms with E-state index in [9.17, 15) is 4.39 Å². The monoisotopic (exact) mass is 142 g/mol. The van der Waals surface area contributed by atoms with Crippen LogP contribution < -0.4 is 5.73 Å². The van der Waals surface area contributed by atoms with Gasteiger partial charge in [0.15, 0.2) is 5.95 Å². The van der Waals surface area contributed by atoms with Gasteiger partial charge in [0.25, 0.3) is 0 Å². The van der Waals surface area contributed by atoms with E-state index in [1.165, 1.54) is 6.07 Å². The second-order valence-corrected chi connectivity index (χ2v) is 2.28. The Hall–Kier alpha value is -0.830. The SMILES string of the molecule is CC[C@H](N)c1ccc(F)[nH]1. The molecular weight excluding hydrogens is 131 g/mol. The number of rotatable bonds is 2. The standard InChI is InChI=1S/C7H11FN2/c1-2-5(9)6-3-4-7(8)10-6/h3-5,10H,2,9H2,1H3/t5-/m0/s1. The average molecular weight is 142 g/mol. The molecule has 0 aliphatic heterocycles. The first-order valence-corrected chi connectivity index (χ1v) is 3.34. The van der Waals surface area contributed by atoms with Gasteiger partial charge in [-0.05, 0) is 18.6 Å². The lowest BCUT2D eigenvalue weighted by molar-refractivity contribution is 0.576. The van der Waals surface area contributed by atoms with Crippen LogP contribution in [0.2, 0.25) is 0 Å². The fraction of sp³-hybridized carbons (Fsp3) is 0.429. The van der Waals surface area contributed by atoms with Gasteiger partial charge in [0.1, 0.15) is 0 Å². The van der Waals surface area contributed by atoms with Crippen molar-refractivity contribution < 1.29 is 4.39 Å².